The molecule has 1 rings (SSSR count). The standard InChI is InChI=1S/C7H9N3O3/c8-6(11)5(7(12)13)3-10-2-1-9-4-10/h1-2,4-5H,3H2,(H2,8,11)(H,12,13). The third-order valence-corrected chi connectivity index (χ3v) is 1.59. The molecule has 3 N–H and O–H groups in total. The molecule has 6 nitrogen and oxygen atoms in total. The van der Waals surface area contributed by atoms with Crippen LogP contribution in [0.3, 0.4) is 0 Å². The molecule has 70 valence electrons. The van der Waals surface area contributed by atoms with E-state index in [1.54, 1.807) is 6.20 Å². The molecule has 0 aromatic carbocycles. The van der Waals surface area contributed by atoms with E-state index < -0.39 is 17.8 Å². The van der Waals surface area contributed by atoms with Crippen molar-refractivity contribution in [3.63, 3.8) is 0 Å². The minimum Gasteiger partial charge on any atom is -0.481 e. The highest BCUT2D eigenvalue weighted by Crippen LogP contribution is 2.00. The van der Waals surface area contributed by atoms with Gasteiger partial charge in [-0.1, -0.05) is 0 Å². The van der Waals surface area contributed by atoms with Crippen molar-refractivity contribution in [2.24, 2.45) is 11.7 Å². The maximum atomic E-state index is 10.7. The van der Waals surface area contributed by atoms with Crippen LogP contribution >= 0.6 is 0 Å². The van der Waals surface area contributed by atoms with Crippen molar-refractivity contribution in [2.75, 3.05) is 0 Å². The Bertz CT molecular complexity index is 293. The minimum absolute atomic E-state index is 0.0185. The molecule has 0 saturated carbocycles. The highest BCUT2D eigenvalue weighted by molar-refractivity contribution is 5.95. The molecule has 0 bridgehead atoms. The van der Waals surface area contributed by atoms with Crippen LogP contribution in [0.25, 0.3) is 0 Å². The van der Waals surface area contributed by atoms with E-state index in [9.17, 15) is 9.59 Å². The maximum Gasteiger partial charge on any atom is 0.317 e. The molecular weight excluding hydrogens is 174 g/mol. The van der Waals surface area contributed by atoms with Crippen LogP contribution in [-0.4, -0.2) is 26.5 Å². The van der Waals surface area contributed by atoms with Gasteiger partial charge in [0.1, 0.15) is 0 Å². The molecule has 0 radical (unpaired) electrons. The van der Waals surface area contributed by atoms with Crippen LogP contribution in [0.15, 0.2) is 18.7 Å². The van der Waals surface area contributed by atoms with Crippen LogP contribution in [0.1, 0.15) is 0 Å². The molecule has 1 amide bonds. The molecule has 0 aliphatic rings. The van der Waals surface area contributed by atoms with Gasteiger partial charge in [-0.2, -0.15) is 0 Å². The van der Waals surface area contributed by atoms with Gasteiger partial charge < -0.3 is 15.4 Å². The lowest BCUT2D eigenvalue weighted by Gasteiger charge is -2.07. The molecule has 0 spiro atoms. The second-order valence-electron chi connectivity index (χ2n) is 2.55. The second kappa shape index (κ2) is 3.70. The minimum atomic E-state index is -1.22. The number of nitrogens with two attached hydrogens (primary N) is 1. The summed E-state index contributed by atoms with van der Waals surface area (Å²) < 4.78 is 1.49. The topological polar surface area (TPSA) is 98.2 Å². The van der Waals surface area contributed by atoms with Crippen LogP contribution in [-0.2, 0) is 16.1 Å². The number of hydrogen-bond donors (Lipinski definition) is 2. The number of amides is 1. The summed E-state index contributed by atoms with van der Waals surface area (Å²) >= 11 is 0. The number of aromatic nitrogens is 2. The zero-order chi connectivity index (χ0) is 9.84. The SMILES string of the molecule is NC(=O)C(Cn1ccnc1)C(=O)O. The van der Waals surface area contributed by atoms with E-state index in [2.05, 4.69) is 4.98 Å². The number of hydrogen-bond acceptors (Lipinski definition) is 3. The molecule has 1 aromatic heterocycles. The van der Waals surface area contributed by atoms with Gasteiger partial charge in [-0.3, -0.25) is 9.59 Å². The van der Waals surface area contributed by atoms with Crippen molar-refractivity contribution in [2.45, 2.75) is 6.54 Å². The van der Waals surface area contributed by atoms with Gasteiger partial charge in [-0.05, 0) is 0 Å². The van der Waals surface area contributed by atoms with E-state index in [1.165, 1.54) is 17.1 Å². The Morgan fingerprint density at radius 2 is 2.31 bits per heavy atom. The molecule has 0 aliphatic carbocycles. The van der Waals surface area contributed by atoms with Gasteiger partial charge in [0.05, 0.1) is 6.33 Å². The predicted octanol–water partition coefficient (Wildman–Crippen LogP) is -0.931. The average Bonchev–Trinajstić information content (AvgIpc) is 2.50. The van der Waals surface area contributed by atoms with E-state index in [1.807, 2.05) is 0 Å². The zero-order valence-electron chi connectivity index (χ0n) is 6.75. The molecule has 6 heteroatoms. The Morgan fingerprint density at radius 1 is 1.62 bits per heavy atom. The molecule has 0 saturated heterocycles. The molecule has 1 aromatic rings. The fourth-order valence-electron chi connectivity index (χ4n) is 0.895. The van der Waals surface area contributed by atoms with E-state index in [4.69, 9.17) is 10.8 Å². The van der Waals surface area contributed by atoms with Gasteiger partial charge in [0.25, 0.3) is 0 Å². The summed E-state index contributed by atoms with van der Waals surface area (Å²) in [5.41, 5.74) is 4.90. The smallest absolute Gasteiger partial charge is 0.317 e. The summed E-state index contributed by atoms with van der Waals surface area (Å²) in [4.78, 5) is 24.9. The second-order valence-corrected chi connectivity index (χ2v) is 2.55. The van der Waals surface area contributed by atoms with Crippen molar-refractivity contribution in [1.29, 1.82) is 0 Å². The zero-order valence-corrected chi connectivity index (χ0v) is 6.75. The molecule has 1 heterocycles. The number of nitrogens with zero attached hydrogens (tertiary/aromatic N) is 2. The number of primary amides is 1. The third kappa shape index (κ3) is 2.29. The van der Waals surface area contributed by atoms with Gasteiger partial charge >= 0.3 is 5.97 Å². The van der Waals surface area contributed by atoms with Crippen molar-refractivity contribution < 1.29 is 14.7 Å². The highest BCUT2D eigenvalue weighted by atomic mass is 16.4. The van der Waals surface area contributed by atoms with Gasteiger partial charge in [-0.25, -0.2) is 4.98 Å². The first kappa shape index (κ1) is 9.24. The van der Waals surface area contributed by atoms with E-state index >= 15 is 0 Å². The Kier molecular flexibility index (Phi) is 2.63. The summed E-state index contributed by atoms with van der Waals surface area (Å²) in [6.07, 6.45) is 4.50. The summed E-state index contributed by atoms with van der Waals surface area (Å²) in [6, 6.07) is 0. The molecule has 1 atom stereocenters. The fraction of sp³-hybridized carbons (Fsp3) is 0.286. The number of rotatable bonds is 4. The summed E-state index contributed by atoms with van der Waals surface area (Å²) in [6.45, 7) is 0.0185. The first-order valence-electron chi connectivity index (χ1n) is 3.59. The van der Waals surface area contributed by atoms with Crippen LogP contribution in [0.4, 0.5) is 0 Å². The van der Waals surface area contributed by atoms with E-state index in [0.29, 0.717) is 0 Å². The monoisotopic (exact) mass is 183 g/mol. The van der Waals surface area contributed by atoms with Crippen LogP contribution in [0, 0.1) is 5.92 Å². The van der Waals surface area contributed by atoms with E-state index in [0.717, 1.165) is 0 Å². The normalized spacial score (nSPS) is 12.3. The van der Waals surface area contributed by atoms with Gasteiger partial charge in [-0.15, -0.1) is 0 Å². The summed E-state index contributed by atoms with van der Waals surface area (Å²) in [5, 5.41) is 8.61. The number of carboxylic acids is 1. The van der Waals surface area contributed by atoms with Gasteiger partial charge in [0, 0.05) is 18.9 Å². The maximum absolute atomic E-state index is 10.7. The van der Waals surface area contributed by atoms with Crippen LogP contribution in [0.5, 0.6) is 0 Å². The predicted molar refractivity (Wildman–Crippen MR) is 42.5 cm³/mol. The van der Waals surface area contributed by atoms with Crippen LogP contribution in [0.2, 0.25) is 0 Å². The quantitative estimate of drug-likeness (QED) is 0.589. The number of imidazole rings is 1. The number of aliphatic carboxylic acids is 1. The molecule has 0 aliphatic heterocycles. The van der Waals surface area contributed by atoms with E-state index in [-0.39, 0.29) is 6.54 Å². The van der Waals surface area contributed by atoms with Crippen LogP contribution < -0.4 is 5.73 Å². The fourth-order valence-corrected chi connectivity index (χ4v) is 0.895. The summed E-state index contributed by atoms with van der Waals surface area (Å²) in [7, 11) is 0. The first-order chi connectivity index (χ1) is 6.11. The molecule has 13 heavy (non-hydrogen) atoms. The van der Waals surface area contributed by atoms with Crippen molar-refractivity contribution in [3.05, 3.63) is 18.7 Å². The number of carboxylic acid groups (broad SMARTS) is 1. The lowest BCUT2D eigenvalue weighted by molar-refractivity contribution is -0.146. The van der Waals surface area contributed by atoms with Gasteiger partial charge in [0.15, 0.2) is 5.92 Å². The Hall–Kier alpha value is -1.85. The Balaban J connectivity index is 2.69. The first-order valence-corrected chi connectivity index (χ1v) is 3.59. The van der Waals surface area contributed by atoms with Crippen molar-refractivity contribution in [3.8, 4) is 0 Å². The molecule has 1 unspecified atom stereocenters. The number of carbonyl (C=O) groups excluding carboxylic acids is 1. The largest absolute Gasteiger partial charge is 0.481 e. The van der Waals surface area contributed by atoms with Crippen molar-refractivity contribution >= 4 is 11.9 Å². The lowest BCUT2D eigenvalue weighted by Crippen LogP contribution is -2.33. The molecule has 0 fully saturated rings. The lowest BCUT2D eigenvalue weighted by atomic mass is 10.1. The Labute approximate surface area is 74.0 Å². The number of carbonyl (C=O) groups is 2. The molecular formula is C7H9N3O3. The highest BCUT2D eigenvalue weighted by Gasteiger charge is 2.23. The Morgan fingerprint density at radius 3 is 2.69 bits per heavy atom. The van der Waals surface area contributed by atoms with Crippen molar-refractivity contribution in [1.82, 2.24) is 9.55 Å². The average molecular weight is 183 g/mol. The van der Waals surface area contributed by atoms with Gasteiger partial charge in [0.2, 0.25) is 5.91 Å². The third-order valence-electron chi connectivity index (χ3n) is 1.59. The summed E-state index contributed by atoms with van der Waals surface area (Å²) in [5.74, 6) is -3.27.